The summed E-state index contributed by atoms with van der Waals surface area (Å²) >= 11 is 0. The molecule has 1 spiro atoms. The molecule has 0 amide bonds. The molecule has 138 valence electrons. The summed E-state index contributed by atoms with van der Waals surface area (Å²) in [4.78, 5) is 5.03. The van der Waals surface area contributed by atoms with E-state index < -0.39 is 0 Å². The molecule has 0 aliphatic carbocycles. The van der Waals surface area contributed by atoms with Gasteiger partial charge in [-0.1, -0.05) is 12.1 Å². The van der Waals surface area contributed by atoms with Gasteiger partial charge < -0.3 is 9.64 Å². The second-order valence-electron chi connectivity index (χ2n) is 7.87. The first-order valence-electron chi connectivity index (χ1n) is 9.56. The molecular weight excluding hydrogens is 324 g/mol. The highest BCUT2D eigenvalue weighted by atomic mass is 16.5. The molecule has 0 saturated carbocycles. The molecule has 5 nitrogen and oxygen atoms in total. The van der Waals surface area contributed by atoms with Crippen LogP contribution in [0.25, 0.3) is 0 Å². The number of hydrogen-bond donors (Lipinski definition) is 0. The van der Waals surface area contributed by atoms with Crippen molar-refractivity contribution in [3.63, 3.8) is 0 Å². The highest BCUT2D eigenvalue weighted by Crippen LogP contribution is 2.40. The van der Waals surface area contributed by atoms with Crippen LogP contribution in [0.15, 0.2) is 36.4 Å². The lowest BCUT2D eigenvalue weighted by molar-refractivity contribution is 0.0991. The quantitative estimate of drug-likeness (QED) is 0.845. The van der Waals surface area contributed by atoms with E-state index in [0.717, 1.165) is 36.9 Å². The number of aryl methyl sites for hydroxylation is 1. The van der Waals surface area contributed by atoms with Gasteiger partial charge in [-0.05, 0) is 62.6 Å². The molecular formula is C21H28N4O. The van der Waals surface area contributed by atoms with Crippen molar-refractivity contribution in [2.75, 3.05) is 38.2 Å². The summed E-state index contributed by atoms with van der Waals surface area (Å²) in [5.74, 6) is 1.97. The fraction of sp³-hybridized carbons (Fsp3) is 0.524. The number of rotatable bonds is 4. The number of hydrogen-bond acceptors (Lipinski definition) is 5. The van der Waals surface area contributed by atoms with Gasteiger partial charge in [0, 0.05) is 31.6 Å². The molecule has 0 N–H and O–H groups in total. The van der Waals surface area contributed by atoms with Crippen molar-refractivity contribution in [3.05, 3.63) is 47.7 Å². The number of methoxy groups -OCH3 is 1. The zero-order valence-corrected chi connectivity index (χ0v) is 15.8. The summed E-state index contributed by atoms with van der Waals surface area (Å²) in [6, 6.07) is 12.6. The van der Waals surface area contributed by atoms with Gasteiger partial charge in [0.15, 0.2) is 5.82 Å². The van der Waals surface area contributed by atoms with E-state index in [1.165, 1.54) is 37.9 Å². The summed E-state index contributed by atoms with van der Waals surface area (Å²) in [5.41, 5.74) is 2.70. The van der Waals surface area contributed by atoms with Crippen molar-refractivity contribution in [2.24, 2.45) is 5.41 Å². The molecule has 0 radical (unpaired) electrons. The van der Waals surface area contributed by atoms with Crippen LogP contribution in [-0.4, -0.2) is 48.4 Å². The Balaban J connectivity index is 1.42. The second-order valence-corrected chi connectivity index (χ2v) is 7.87. The average Bonchev–Trinajstić information content (AvgIpc) is 3.05. The maximum Gasteiger partial charge on any atom is 0.151 e. The van der Waals surface area contributed by atoms with Gasteiger partial charge in [0.2, 0.25) is 0 Å². The zero-order valence-electron chi connectivity index (χ0n) is 15.8. The molecule has 1 atom stereocenters. The standard InChI is InChI=1S/C21H28N4O/c1-17-7-8-20(23-22-17)25-12-10-21(16-25)9-4-11-24(15-21)14-18-5-3-6-19(13-18)26-2/h3,5-8,13H,4,9-12,14-16H2,1-2H3. The third-order valence-corrected chi connectivity index (χ3v) is 5.83. The van der Waals surface area contributed by atoms with Crippen LogP contribution in [0, 0.1) is 12.3 Å². The van der Waals surface area contributed by atoms with Crippen LogP contribution in [0.1, 0.15) is 30.5 Å². The second kappa shape index (κ2) is 7.23. The Morgan fingerprint density at radius 3 is 2.81 bits per heavy atom. The minimum atomic E-state index is 0.393. The highest BCUT2D eigenvalue weighted by molar-refractivity contribution is 5.39. The normalized spacial score (nSPS) is 23.5. The predicted molar refractivity (Wildman–Crippen MR) is 104 cm³/mol. The highest BCUT2D eigenvalue weighted by Gasteiger charge is 2.41. The lowest BCUT2D eigenvalue weighted by atomic mass is 9.79. The van der Waals surface area contributed by atoms with Gasteiger partial charge in [0.05, 0.1) is 12.8 Å². The molecule has 3 heterocycles. The fourth-order valence-corrected chi connectivity index (χ4v) is 4.50. The molecule has 2 aromatic rings. The van der Waals surface area contributed by atoms with Gasteiger partial charge in [-0.2, -0.15) is 5.10 Å². The summed E-state index contributed by atoms with van der Waals surface area (Å²) in [6.07, 6.45) is 3.84. The minimum absolute atomic E-state index is 0.393. The predicted octanol–water partition coefficient (Wildman–Crippen LogP) is 3.29. The minimum Gasteiger partial charge on any atom is -0.497 e. The maximum absolute atomic E-state index is 5.37. The number of piperidine rings is 1. The Kier molecular flexibility index (Phi) is 4.81. The van der Waals surface area contributed by atoms with Crippen molar-refractivity contribution in [2.45, 2.75) is 32.7 Å². The van der Waals surface area contributed by atoms with Crippen molar-refractivity contribution < 1.29 is 4.74 Å². The van der Waals surface area contributed by atoms with E-state index in [0.29, 0.717) is 5.41 Å². The third-order valence-electron chi connectivity index (χ3n) is 5.83. The van der Waals surface area contributed by atoms with E-state index in [-0.39, 0.29) is 0 Å². The van der Waals surface area contributed by atoms with E-state index in [2.05, 4.69) is 50.3 Å². The molecule has 0 bridgehead atoms. The van der Waals surface area contributed by atoms with Crippen LogP contribution in [-0.2, 0) is 6.54 Å². The van der Waals surface area contributed by atoms with Gasteiger partial charge in [-0.15, -0.1) is 5.10 Å². The van der Waals surface area contributed by atoms with Crippen LogP contribution in [0.2, 0.25) is 0 Å². The van der Waals surface area contributed by atoms with Gasteiger partial charge in [-0.25, -0.2) is 0 Å². The zero-order chi connectivity index (χ0) is 18.0. The number of aromatic nitrogens is 2. The molecule has 4 rings (SSSR count). The summed E-state index contributed by atoms with van der Waals surface area (Å²) in [7, 11) is 1.73. The number of benzene rings is 1. The van der Waals surface area contributed by atoms with E-state index in [1.54, 1.807) is 7.11 Å². The fourth-order valence-electron chi connectivity index (χ4n) is 4.50. The summed E-state index contributed by atoms with van der Waals surface area (Å²) < 4.78 is 5.37. The van der Waals surface area contributed by atoms with E-state index in [9.17, 15) is 0 Å². The van der Waals surface area contributed by atoms with Crippen molar-refractivity contribution in [3.8, 4) is 5.75 Å². The Bertz CT molecular complexity index is 748. The summed E-state index contributed by atoms with van der Waals surface area (Å²) in [6.45, 7) is 7.52. The van der Waals surface area contributed by atoms with Crippen molar-refractivity contribution in [1.29, 1.82) is 0 Å². The van der Waals surface area contributed by atoms with E-state index in [1.807, 2.05) is 13.0 Å². The Labute approximate surface area is 156 Å². The van der Waals surface area contributed by atoms with Gasteiger partial charge >= 0.3 is 0 Å². The maximum atomic E-state index is 5.37. The van der Waals surface area contributed by atoms with Gasteiger partial charge in [-0.3, -0.25) is 4.90 Å². The first-order valence-corrected chi connectivity index (χ1v) is 9.56. The monoisotopic (exact) mass is 352 g/mol. The third kappa shape index (κ3) is 3.68. The molecule has 1 aromatic heterocycles. The van der Waals surface area contributed by atoms with Crippen LogP contribution in [0.4, 0.5) is 5.82 Å². The topological polar surface area (TPSA) is 41.5 Å². The Morgan fingerprint density at radius 1 is 1.08 bits per heavy atom. The van der Waals surface area contributed by atoms with Gasteiger partial charge in [0.25, 0.3) is 0 Å². The molecule has 2 aliphatic rings. The van der Waals surface area contributed by atoms with Crippen LogP contribution in [0.5, 0.6) is 5.75 Å². The Morgan fingerprint density at radius 2 is 2.00 bits per heavy atom. The lowest BCUT2D eigenvalue weighted by Crippen LogP contribution is -2.44. The Hall–Kier alpha value is -2.14. The molecule has 2 saturated heterocycles. The van der Waals surface area contributed by atoms with Gasteiger partial charge in [0.1, 0.15) is 5.75 Å². The SMILES string of the molecule is COc1cccc(CN2CCCC3(CCN(c4ccc(C)nn4)C3)C2)c1. The first-order chi connectivity index (χ1) is 12.7. The largest absolute Gasteiger partial charge is 0.497 e. The molecule has 2 fully saturated rings. The molecule has 1 aromatic carbocycles. The van der Waals surface area contributed by atoms with Crippen LogP contribution < -0.4 is 9.64 Å². The van der Waals surface area contributed by atoms with Crippen LogP contribution in [0.3, 0.4) is 0 Å². The smallest absolute Gasteiger partial charge is 0.151 e. The van der Waals surface area contributed by atoms with Crippen molar-refractivity contribution in [1.82, 2.24) is 15.1 Å². The first kappa shape index (κ1) is 17.3. The molecule has 2 aliphatic heterocycles. The number of nitrogens with zero attached hydrogens (tertiary/aromatic N) is 4. The average molecular weight is 352 g/mol. The number of likely N-dealkylation sites (tertiary alicyclic amines) is 1. The molecule has 1 unspecified atom stereocenters. The van der Waals surface area contributed by atoms with E-state index in [4.69, 9.17) is 4.74 Å². The van der Waals surface area contributed by atoms with E-state index >= 15 is 0 Å². The molecule has 5 heteroatoms. The van der Waals surface area contributed by atoms with Crippen LogP contribution >= 0.6 is 0 Å². The number of ether oxygens (including phenoxy) is 1. The lowest BCUT2D eigenvalue weighted by Gasteiger charge is -2.40. The summed E-state index contributed by atoms with van der Waals surface area (Å²) in [5, 5.41) is 8.62. The number of anilines is 1. The van der Waals surface area contributed by atoms with Crippen molar-refractivity contribution >= 4 is 5.82 Å². The molecule has 26 heavy (non-hydrogen) atoms.